The number of anilines is 1. The van der Waals surface area contributed by atoms with Gasteiger partial charge in [0.25, 0.3) is 5.91 Å². The molecule has 0 bridgehead atoms. The van der Waals surface area contributed by atoms with Crippen LogP contribution in [0.25, 0.3) is 22.4 Å². The smallest absolute Gasteiger partial charge is 0.475 e. The van der Waals surface area contributed by atoms with E-state index in [1.807, 2.05) is 0 Å². The molecule has 4 rings (SSSR count). The number of aryl methyl sites for hydroxylation is 1. The van der Waals surface area contributed by atoms with Crippen LogP contribution in [0, 0.1) is 5.41 Å². The van der Waals surface area contributed by atoms with Gasteiger partial charge >= 0.3 is 12.1 Å². The second-order valence-corrected chi connectivity index (χ2v) is 9.96. The van der Waals surface area contributed by atoms with Crippen LogP contribution in [-0.4, -0.2) is 47.2 Å². The van der Waals surface area contributed by atoms with E-state index in [0.29, 0.717) is 39.2 Å². The lowest BCUT2D eigenvalue weighted by molar-refractivity contribution is -0.192. The second-order valence-electron chi connectivity index (χ2n) is 8.44. The van der Waals surface area contributed by atoms with E-state index >= 15 is 0 Å². The number of nitrogens with one attached hydrogen (secondary N) is 2. The predicted molar refractivity (Wildman–Crippen MR) is 145 cm³/mol. The van der Waals surface area contributed by atoms with Gasteiger partial charge in [-0.15, -0.1) is 0 Å². The highest BCUT2D eigenvalue weighted by Gasteiger charge is 2.38. The number of rotatable bonds is 6. The predicted octanol–water partition coefficient (Wildman–Crippen LogP) is 3.57. The van der Waals surface area contributed by atoms with E-state index in [0.717, 1.165) is 0 Å². The maximum atomic E-state index is 13.1. The standard InChI is InChI=1S/C24H22N6O3S.C2HF3O2/c1-30-14-20(22(29-30)16-5-4-6-17(13-16)23(25)26)24(31)28-18-11-9-15(10-12-18)19-7-2-3-8-21(19)34(27,32)33;3-2(4,5)1(6)7/h2-14H,1H3,(H3,25,26)(H,28,31)(H2,27,32,33);(H,6,7). The normalized spacial score (nSPS) is 11.2. The average molecular weight is 589 g/mol. The van der Waals surface area contributed by atoms with Gasteiger partial charge in [0.15, 0.2) is 0 Å². The third kappa shape index (κ3) is 7.77. The summed E-state index contributed by atoms with van der Waals surface area (Å²) in [4.78, 5) is 22.0. The topological polar surface area (TPSA) is 194 Å². The number of nitrogen functional groups attached to an aromatic ring is 1. The van der Waals surface area contributed by atoms with Gasteiger partial charge < -0.3 is 16.2 Å². The molecule has 0 spiro atoms. The number of carbonyl (C=O) groups excluding carboxylic acids is 1. The summed E-state index contributed by atoms with van der Waals surface area (Å²) in [5.74, 6) is -3.20. The molecule has 0 unspecified atom stereocenters. The Balaban J connectivity index is 0.000000587. The van der Waals surface area contributed by atoms with E-state index in [9.17, 15) is 26.4 Å². The fourth-order valence-electron chi connectivity index (χ4n) is 3.59. The molecular weight excluding hydrogens is 565 g/mol. The van der Waals surface area contributed by atoms with Gasteiger partial charge in [-0.05, 0) is 29.8 Å². The molecule has 0 saturated carbocycles. The van der Waals surface area contributed by atoms with Crippen LogP contribution in [0.2, 0.25) is 0 Å². The molecule has 1 amide bonds. The summed E-state index contributed by atoms with van der Waals surface area (Å²) in [7, 11) is -2.17. The van der Waals surface area contributed by atoms with Gasteiger partial charge in [-0.25, -0.2) is 18.4 Å². The lowest BCUT2D eigenvalue weighted by Gasteiger charge is -2.10. The maximum Gasteiger partial charge on any atom is 0.490 e. The van der Waals surface area contributed by atoms with Crippen LogP contribution in [0.1, 0.15) is 15.9 Å². The van der Waals surface area contributed by atoms with Crippen LogP contribution < -0.4 is 16.2 Å². The number of halogens is 3. The molecule has 3 aromatic carbocycles. The van der Waals surface area contributed by atoms with Gasteiger partial charge in [0, 0.05) is 35.6 Å². The van der Waals surface area contributed by atoms with E-state index in [-0.39, 0.29) is 16.6 Å². The lowest BCUT2D eigenvalue weighted by Crippen LogP contribution is -2.21. The Labute approximate surface area is 231 Å². The molecule has 1 heterocycles. The quantitative estimate of drug-likeness (QED) is 0.168. The number of aromatic nitrogens is 2. The number of hydrogen-bond acceptors (Lipinski definition) is 6. The molecular formula is C26H23F3N6O5S. The van der Waals surface area contributed by atoms with Crippen molar-refractivity contribution in [3.05, 3.63) is 90.1 Å². The largest absolute Gasteiger partial charge is 0.490 e. The fraction of sp³-hybridized carbons (Fsp3) is 0.0769. The highest BCUT2D eigenvalue weighted by atomic mass is 32.2. The zero-order chi connectivity index (χ0) is 30.5. The molecule has 1 aromatic heterocycles. The van der Waals surface area contributed by atoms with Crippen molar-refractivity contribution in [1.29, 1.82) is 5.41 Å². The highest BCUT2D eigenvalue weighted by molar-refractivity contribution is 7.89. The summed E-state index contributed by atoms with van der Waals surface area (Å²) in [5.41, 5.74) is 9.24. The Morgan fingerprint density at radius 2 is 1.61 bits per heavy atom. The molecule has 0 radical (unpaired) electrons. The van der Waals surface area contributed by atoms with Crippen molar-refractivity contribution in [2.75, 3.05) is 5.32 Å². The first kappa shape index (κ1) is 30.5. The van der Waals surface area contributed by atoms with Gasteiger partial charge in [-0.2, -0.15) is 18.3 Å². The Morgan fingerprint density at radius 3 is 2.17 bits per heavy atom. The van der Waals surface area contributed by atoms with E-state index < -0.39 is 22.2 Å². The number of alkyl halides is 3. The minimum atomic E-state index is -5.08. The van der Waals surface area contributed by atoms with Crippen LogP contribution in [-0.2, 0) is 21.9 Å². The number of benzene rings is 3. The number of sulfonamides is 1. The van der Waals surface area contributed by atoms with E-state index in [1.165, 1.54) is 10.7 Å². The molecule has 0 fully saturated rings. The molecule has 0 aliphatic rings. The van der Waals surface area contributed by atoms with Crippen molar-refractivity contribution in [1.82, 2.24) is 9.78 Å². The molecule has 0 aliphatic heterocycles. The molecule has 0 saturated heterocycles. The Morgan fingerprint density at radius 1 is 1.00 bits per heavy atom. The first-order valence-corrected chi connectivity index (χ1v) is 12.9. The van der Waals surface area contributed by atoms with Crippen molar-refractivity contribution in [3.63, 3.8) is 0 Å². The number of primary sulfonamides is 1. The van der Waals surface area contributed by atoms with Crippen molar-refractivity contribution in [3.8, 4) is 22.4 Å². The molecule has 11 nitrogen and oxygen atoms in total. The van der Waals surface area contributed by atoms with Crippen LogP contribution in [0.5, 0.6) is 0 Å². The van der Waals surface area contributed by atoms with Crippen LogP contribution in [0.3, 0.4) is 0 Å². The first-order valence-electron chi connectivity index (χ1n) is 11.4. The lowest BCUT2D eigenvalue weighted by atomic mass is 10.0. The van der Waals surface area contributed by atoms with Gasteiger partial charge in [0.1, 0.15) is 11.5 Å². The zero-order valence-electron chi connectivity index (χ0n) is 21.2. The monoisotopic (exact) mass is 588 g/mol. The first-order chi connectivity index (χ1) is 19.1. The van der Waals surface area contributed by atoms with Crippen molar-refractivity contribution >= 4 is 33.4 Å². The van der Waals surface area contributed by atoms with Gasteiger partial charge in [-0.3, -0.25) is 14.9 Å². The molecule has 214 valence electrons. The number of nitrogens with two attached hydrogens (primary N) is 2. The SMILES string of the molecule is Cn1cc(C(=O)Nc2ccc(-c3ccccc3S(N)(=O)=O)cc2)c(-c2cccc(C(=N)N)c2)n1.O=C(O)C(F)(F)F. The second kappa shape index (κ2) is 12.0. The summed E-state index contributed by atoms with van der Waals surface area (Å²) < 4.78 is 57.1. The number of carbonyl (C=O) groups is 2. The van der Waals surface area contributed by atoms with E-state index in [4.69, 9.17) is 26.2 Å². The van der Waals surface area contributed by atoms with Crippen LogP contribution >= 0.6 is 0 Å². The zero-order valence-corrected chi connectivity index (χ0v) is 22.0. The highest BCUT2D eigenvalue weighted by Crippen LogP contribution is 2.28. The molecule has 15 heteroatoms. The van der Waals surface area contributed by atoms with E-state index in [1.54, 1.807) is 80.0 Å². The van der Waals surface area contributed by atoms with Crippen molar-refractivity contribution < 1.29 is 36.3 Å². The number of nitrogens with zero attached hydrogens (tertiary/aromatic N) is 2. The number of hydrogen-bond donors (Lipinski definition) is 5. The minimum absolute atomic E-state index is 0.0274. The minimum Gasteiger partial charge on any atom is -0.475 e. The number of carboxylic acids is 1. The molecule has 7 N–H and O–H groups in total. The number of carboxylic acid groups (broad SMARTS) is 1. The third-order valence-electron chi connectivity index (χ3n) is 5.41. The number of aliphatic carboxylic acids is 1. The summed E-state index contributed by atoms with van der Waals surface area (Å²) in [6.45, 7) is 0. The van der Waals surface area contributed by atoms with Crippen molar-refractivity contribution in [2.24, 2.45) is 17.9 Å². The maximum absolute atomic E-state index is 13.1. The summed E-state index contributed by atoms with van der Waals surface area (Å²) >= 11 is 0. The molecule has 0 aliphatic carbocycles. The van der Waals surface area contributed by atoms with Crippen LogP contribution in [0.15, 0.2) is 83.9 Å². The van der Waals surface area contributed by atoms with Crippen LogP contribution in [0.4, 0.5) is 18.9 Å². The number of amides is 1. The molecule has 0 atom stereocenters. The summed E-state index contributed by atoms with van der Waals surface area (Å²) in [6, 6.07) is 20.2. The Hall–Kier alpha value is -5.02. The molecule has 4 aromatic rings. The number of amidine groups is 1. The summed E-state index contributed by atoms with van der Waals surface area (Å²) in [6.07, 6.45) is -3.47. The molecule has 41 heavy (non-hydrogen) atoms. The average Bonchev–Trinajstić information content (AvgIpc) is 3.30. The van der Waals surface area contributed by atoms with E-state index in [2.05, 4.69) is 10.4 Å². The summed E-state index contributed by atoms with van der Waals surface area (Å²) in [5, 5.41) is 27.4. The Bertz CT molecular complexity index is 1720. The third-order valence-corrected chi connectivity index (χ3v) is 6.38. The van der Waals surface area contributed by atoms with Gasteiger partial charge in [0.2, 0.25) is 10.0 Å². The van der Waals surface area contributed by atoms with Gasteiger partial charge in [0.05, 0.1) is 10.5 Å². The van der Waals surface area contributed by atoms with Gasteiger partial charge in [-0.1, -0.05) is 48.5 Å². The fourth-order valence-corrected chi connectivity index (χ4v) is 4.35. The van der Waals surface area contributed by atoms with Crippen molar-refractivity contribution in [2.45, 2.75) is 11.1 Å². The Kier molecular flexibility index (Phi) is 8.94.